The van der Waals surface area contributed by atoms with Crippen molar-refractivity contribution in [1.82, 2.24) is 0 Å². The molecule has 0 bridgehead atoms. The molecule has 4 N–H and O–H groups in total. The first kappa shape index (κ1) is 11.4. The van der Waals surface area contributed by atoms with Crippen LogP contribution >= 0.6 is 0 Å². The highest BCUT2D eigenvalue weighted by Crippen LogP contribution is 2.16. The van der Waals surface area contributed by atoms with Crippen LogP contribution < -0.4 is 11.1 Å². The number of benzene rings is 1. The number of anilines is 1. The van der Waals surface area contributed by atoms with E-state index in [1.54, 1.807) is 0 Å². The highest BCUT2D eigenvalue weighted by atomic mass is 19.2. The van der Waals surface area contributed by atoms with Gasteiger partial charge >= 0.3 is 5.97 Å². The van der Waals surface area contributed by atoms with Crippen LogP contribution in [0.15, 0.2) is 18.2 Å². The maximum atomic E-state index is 13.0. The summed E-state index contributed by atoms with van der Waals surface area (Å²) in [7, 11) is 0. The Labute approximate surface area is 84.7 Å². The van der Waals surface area contributed by atoms with Crippen LogP contribution in [0.3, 0.4) is 0 Å². The molecule has 15 heavy (non-hydrogen) atoms. The van der Waals surface area contributed by atoms with Crippen LogP contribution in [-0.4, -0.2) is 23.7 Å². The van der Waals surface area contributed by atoms with Crippen molar-refractivity contribution in [3.8, 4) is 0 Å². The van der Waals surface area contributed by atoms with Gasteiger partial charge in [0.05, 0.1) is 5.69 Å². The molecule has 0 amide bonds. The van der Waals surface area contributed by atoms with Crippen molar-refractivity contribution in [3.05, 3.63) is 29.8 Å². The van der Waals surface area contributed by atoms with Gasteiger partial charge in [-0.3, -0.25) is 4.79 Å². The van der Waals surface area contributed by atoms with E-state index in [1.807, 2.05) is 0 Å². The molecule has 0 aliphatic heterocycles. The molecule has 0 aromatic heterocycles. The van der Waals surface area contributed by atoms with Gasteiger partial charge in [0.1, 0.15) is 6.04 Å². The van der Waals surface area contributed by atoms with Crippen LogP contribution in [0.2, 0.25) is 0 Å². The molecule has 1 aromatic carbocycles. The highest BCUT2D eigenvalue weighted by Gasteiger charge is 2.13. The van der Waals surface area contributed by atoms with Crippen molar-refractivity contribution in [1.29, 1.82) is 0 Å². The van der Waals surface area contributed by atoms with Gasteiger partial charge in [-0.15, -0.1) is 0 Å². The Bertz CT molecular complexity index is 371. The molecule has 0 aliphatic carbocycles. The lowest BCUT2D eigenvalue weighted by Crippen LogP contribution is -2.37. The molecule has 0 saturated carbocycles. The Kier molecular flexibility index (Phi) is 3.56. The largest absolute Gasteiger partial charge is 0.480 e. The van der Waals surface area contributed by atoms with Gasteiger partial charge in [-0.25, -0.2) is 8.78 Å². The SMILES string of the molecule is NC(CNc1cccc(F)c1F)C(=O)O. The van der Waals surface area contributed by atoms with Crippen LogP contribution in [0.1, 0.15) is 0 Å². The van der Waals surface area contributed by atoms with E-state index in [0.29, 0.717) is 0 Å². The summed E-state index contributed by atoms with van der Waals surface area (Å²) in [6.45, 7) is -0.171. The van der Waals surface area contributed by atoms with Crippen LogP contribution in [0.5, 0.6) is 0 Å². The van der Waals surface area contributed by atoms with Gasteiger partial charge in [-0.2, -0.15) is 0 Å². The van der Waals surface area contributed by atoms with Crippen molar-refractivity contribution in [2.75, 3.05) is 11.9 Å². The standard InChI is InChI=1S/C9H10F2N2O2/c10-5-2-1-3-7(8(5)11)13-4-6(12)9(14)15/h1-3,6,13H,4,12H2,(H,14,15). The second-order valence-electron chi connectivity index (χ2n) is 2.93. The molecule has 0 heterocycles. The van der Waals surface area contributed by atoms with Gasteiger partial charge in [0.2, 0.25) is 0 Å². The number of halogens is 2. The Morgan fingerprint density at radius 3 is 2.80 bits per heavy atom. The smallest absolute Gasteiger partial charge is 0.322 e. The minimum absolute atomic E-state index is 0.105. The third-order valence-electron chi connectivity index (χ3n) is 1.78. The zero-order valence-electron chi connectivity index (χ0n) is 7.71. The second kappa shape index (κ2) is 4.70. The van der Waals surface area contributed by atoms with Gasteiger partial charge < -0.3 is 16.2 Å². The molecule has 0 spiro atoms. The van der Waals surface area contributed by atoms with Gasteiger partial charge in [-0.05, 0) is 12.1 Å². The quantitative estimate of drug-likeness (QED) is 0.695. The predicted molar refractivity (Wildman–Crippen MR) is 50.5 cm³/mol. The Balaban J connectivity index is 2.66. The molecule has 1 aromatic rings. The lowest BCUT2D eigenvalue weighted by Gasteiger charge is -2.10. The van der Waals surface area contributed by atoms with E-state index in [1.165, 1.54) is 12.1 Å². The third kappa shape index (κ3) is 2.88. The molecule has 1 atom stereocenters. The van der Waals surface area contributed by atoms with Crippen LogP contribution in [0.4, 0.5) is 14.5 Å². The van der Waals surface area contributed by atoms with Gasteiger partial charge in [0.15, 0.2) is 11.6 Å². The summed E-state index contributed by atoms with van der Waals surface area (Å²) in [6.07, 6.45) is 0. The zero-order valence-corrected chi connectivity index (χ0v) is 7.71. The predicted octanol–water partition coefficient (Wildman–Crippen LogP) is 0.789. The average Bonchev–Trinajstić information content (AvgIpc) is 2.19. The molecule has 4 nitrogen and oxygen atoms in total. The molecule has 82 valence electrons. The van der Waals surface area contributed by atoms with E-state index < -0.39 is 23.6 Å². The normalized spacial score (nSPS) is 12.2. The first-order chi connectivity index (χ1) is 7.02. The van der Waals surface area contributed by atoms with Crippen molar-refractivity contribution in [2.45, 2.75) is 6.04 Å². The van der Waals surface area contributed by atoms with E-state index in [4.69, 9.17) is 10.8 Å². The van der Waals surface area contributed by atoms with E-state index in [9.17, 15) is 13.6 Å². The fourth-order valence-corrected chi connectivity index (χ4v) is 0.948. The summed E-state index contributed by atoms with van der Waals surface area (Å²) in [5, 5.41) is 10.9. The summed E-state index contributed by atoms with van der Waals surface area (Å²) in [6, 6.07) is 2.42. The molecule has 1 unspecified atom stereocenters. The van der Waals surface area contributed by atoms with Crippen molar-refractivity contribution < 1.29 is 18.7 Å². The molecule has 0 aliphatic rings. The topological polar surface area (TPSA) is 75.3 Å². The fraction of sp³-hybridized carbons (Fsp3) is 0.222. The summed E-state index contributed by atoms with van der Waals surface area (Å²) in [5.74, 6) is -3.25. The summed E-state index contributed by atoms with van der Waals surface area (Å²) >= 11 is 0. The number of hydrogen-bond acceptors (Lipinski definition) is 3. The second-order valence-corrected chi connectivity index (χ2v) is 2.93. The van der Waals surface area contributed by atoms with Crippen LogP contribution in [0.25, 0.3) is 0 Å². The van der Waals surface area contributed by atoms with E-state index in [-0.39, 0.29) is 12.2 Å². The Hall–Kier alpha value is -1.69. The van der Waals surface area contributed by atoms with Crippen molar-refractivity contribution in [3.63, 3.8) is 0 Å². The van der Waals surface area contributed by atoms with Crippen molar-refractivity contribution in [2.24, 2.45) is 5.73 Å². The zero-order chi connectivity index (χ0) is 11.4. The number of carboxylic acids is 1. The van der Waals surface area contributed by atoms with E-state index in [2.05, 4.69) is 5.32 Å². The lowest BCUT2D eigenvalue weighted by atomic mass is 10.2. The fourth-order valence-electron chi connectivity index (χ4n) is 0.948. The summed E-state index contributed by atoms with van der Waals surface area (Å²) in [5.41, 5.74) is 5.07. The molecule has 0 radical (unpaired) electrons. The first-order valence-electron chi connectivity index (χ1n) is 4.18. The van der Waals surface area contributed by atoms with Crippen LogP contribution in [-0.2, 0) is 4.79 Å². The molecule has 1 rings (SSSR count). The number of carboxylic acid groups (broad SMARTS) is 1. The summed E-state index contributed by atoms with van der Waals surface area (Å²) in [4.78, 5) is 10.3. The van der Waals surface area contributed by atoms with Crippen molar-refractivity contribution >= 4 is 11.7 Å². The maximum Gasteiger partial charge on any atom is 0.322 e. The number of nitrogens with one attached hydrogen (secondary N) is 1. The average molecular weight is 216 g/mol. The Morgan fingerprint density at radius 1 is 1.53 bits per heavy atom. The summed E-state index contributed by atoms with van der Waals surface area (Å²) < 4.78 is 25.7. The molecule has 0 fully saturated rings. The number of carbonyl (C=O) groups is 1. The number of nitrogens with two attached hydrogens (primary N) is 1. The monoisotopic (exact) mass is 216 g/mol. The minimum atomic E-state index is -1.21. The Morgan fingerprint density at radius 2 is 2.20 bits per heavy atom. The third-order valence-corrected chi connectivity index (χ3v) is 1.78. The first-order valence-corrected chi connectivity index (χ1v) is 4.18. The minimum Gasteiger partial charge on any atom is -0.480 e. The molecular formula is C9H10F2N2O2. The van der Waals surface area contributed by atoms with Gasteiger partial charge in [-0.1, -0.05) is 6.07 Å². The van der Waals surface area contributed by atoms with Gasteiger partial charge in [0, 0.05) is 6.54 Å². The molecular weight excluding hydrogens is 206 g/mol. The number of rotatable bonds is 4. The van der Waals surface area contributed by atoms with E-state index in [0.717, 1.165) is 6.07 Å². The van der Waals surface area contributed by atoms with Gasteiger partial charge in [0.25, 0.3) is 0 Å². The van der Waals surface area contributed by atoms with Crippen LogP contribution in [0, 0.1) is 11.6 Å². The maximum absolute atomic E-state index is 13.0. The molecule has 0 saturated heterocycles. The molecule has 6 heteroatoms. The highest BCUT2D eigenvalue weighted by molar-refractivity contribution is 5.74. The number of aliphatic carboxylic acids is 1. The lowest BCUT2D eigenvalue weighted by molar-refractivity contribution is -0.138. The van der Waals surface area contributed by atoms with E-state index >= 15 is 0 Å². The number of hydrogen-bond donors (Lipinski definition) is 3.